The van der Waals surface area contributed by atoms with E-state index in [0.29, 0.717) is 0 Å². The molecule has 0 aliphatic carbocycles. The second-order valence-electron chi connectivity index (χ2n) is 2.73. The lowest BCUT2D eigenvalue weighted by Crippen LogP contribution is -1.98. The summed E-state index contributed by atoms with van der Waals surface area (Å²) in [7, 11) is 1.80. The maximum Gasteiger partial charge on any atom is 0.261 e. The van der Waals surface area contributed by atoms with Crippen molar-refractivity contribution in [2.24, 2.45) is 0 Å². The molecule has 0 amide bonds. The van der Waals surface area contributed by atoms with Crippen LogP contribution in [0.4, 0.5) is 0 Å². The summed E-state index contributed by atoms with van der Waals surface area (Å²) in [5.74, 6) is 0. The number of halogens is 2. The van der Waals surface area contributed by atoms with Crippen LogP contribution < -0.4 is 0 Å². The number of carbonyl (C=O) groups excluding carboxylic acids is 1. The fourth-order valence-corrected chi connectivity index (χ4v) is 2.64. The van der Waals surface area contributed by atoms with Gasteiger partial charge in [0, 0.05) is 26.9 Å². The van der Waals surface area contributed by atoms with E-state index < -0.39 is 27.9 Å². The third kappa shape index (κ3) is 3.18. The maximum atomic E-state index is 11.0. The SMILES string of the molecule is O=Cc1cc(S(=O)(=O)Cl)cc(S(=O)(=O)Cl)c1. The Morgan fingerprint density at radius 1 is 0.875 bits per heavy atom. The fraction of sp³-hybridized carbons (Fsp3) is 0. The minimum atomic E-state index is -4.13. The van der Waals surface area contributed by atoms with Crippen LogP contribution in [0.3, 0.4) is 0 Å². The van der Waals surface area contributed by atoms with Gasteiger partial charge in [-0.15, -0.1) is 0 Å². The van der Waals surface area contributed by atoms with Gasteiger partial charge >= 0.3 is 0 Å². The first-order valence-corrected chi connectivity index (χ1v) is 8.26. The highest BCUT2D eigenvalue weighted by Crippen LogP contribution is 2.23. The van der Waals surface area contributed by atoms with Crippen molar-refractivity contribution in [3.05, 3.63) is 23.8 Å². The summed E-state index contributed by atoms with van der Waals surface area (Å²) in [6.07, 6.45) is 0.289. The van der Waals surface area contributed by atoms with Crippen molar-refractivity contribution in [2.45, 2.75) is 9.79 Å². The Bertz CT molecular complexity index is 582. The first-order chi connectivity index (χ1) is 7.14. The molecule has 0 N–H and O–H groups in total. The lowest BCUT2D eigenvalue weighted by atomic mass is 10.2. The summed E-state index contributed by atoms with van der Waals surface area (Å²) in [4.78, 5) is 9.49. The van der Waals surface area contributed by atoms with Crippen molar-refractivity contribution >= 4 is 45.8 Å². The highest BCUT2D eigenvalue weighted by atomic mass is 35.7. The Hall–Kier alpha value is -0.630. The van der Waals surface area contributed by atoms with Crippen LogP contribution in [0.1, 0.15) is 10.4 Å². The first-order valence-electron chi connectivity index (χ1n) is 3.64. The van der Waals surface area contributed by atoms with Crippen LogP contribution in [0.25, 0.3) is 0 Å². The molecule has 88 valence electrons. The van der Waals surface area contributed by atoms with Crippen molar-refractivity contribution in [1.29, 1.82) is 0 Å². The number of hydrogen-bond donors (Lipinski definition) is 0. The predicted molar refractivity (Wildman–Crippen MR) is 57.9 cm³/mol. The molecule has 16 heavy (non-hydrogen) atoms. The van der Waals surface area contributed by atoms with E-state index in [4.69, 9.17) is 21.4 Å². The van der Waals surface area contributed by atoms with Crippen LogP contribution in [0.5, 0.6) is 0 Å². The number of hydrogen-bond acceptors (Lipinski definition) is 5. The van der Waals surface area contributed by atoms with Gasteiger partial charge in [-0.25, -0.2) is 16.8 Å². The molecular weight excluding hydrogens is 299 g/mol. The van der Waals surface area contributed by atoms with Gasteiger partial charge < -0.3 is 0 Å². The molecule has 0 aliphatic rings. The van der Waals surface area contributed by atoms with E-state index in [1.807, 2.05) is 0 Å². The monoisotopic (exact) mass is 302 g/mol. The van der Waals surface area contributed by atoms with Gasteiger partial charge in [0.1, 0.15) is 6.29 Å². The highest BCUT2D eigenvalue weighted by molar-refractivity contribution is 8.14. The average molecular weight is 303 g/mol. The summed E-state index contributed by atoms with van der Waals surface area (Å²) < 4.78 is 44.0. The Balaban J connectivity index is 3.64. The first kappa shape index (κ1) is 13.4. The Kier molecular flexibility index (Phi) is 3.63. The summed E-state index contributed by atoms with van der Waals surface area (Å²) in [5, 5.41) is 0. The quantitative estimate of drug-likeness (QED) is 0.621. The molecule has 1 aromatic carbocycles. The van der Waals surface area contributed by atoms with Gasteiger partial charge in [-0.05, 0) is 18.2 Å². The molecule has 0 fully saturated rings. The van der Waals surface area contributed by atoms with E-state index in [0.717, 1.165) is 18.2 Å². The normalized spacial score (nSPS) is 12.4. The van der Waals surface area contributed by atoms with Crippen LogP contribution in [0.2, 0.25) is 0 Å². The van der Waals surface area contributed by atoms with Gasteiger partial charge in [-0.2, -0.15) is 0 Å². The van der Waals surface area contributed by atoms with Crippen LogP contribution in [-0.4, -0.2) is 23.1 Å². The van der Waals surface area contributed by atoms with Crippen molar-refractivity contribution in [3.8, 4) is 0 Å². The van der Waals surface area contributed by atoms with Crippen molar-refractivity contribution in [1.82, 2.24) is 0 Å². The van der Waals surface area contributed by atoms with Crippen molar-refractivity contribution in [2.75, 3.05) is 0 Å². The van der Waals surface area contributed by atoms with Gasteiger partial charge in [0.05, 0.1) is 9.79 Å². The topological polar surface area (TPSA) is 85.3 Å². The van der Waals surface area contributed by atoms with Gasteiger partial charge in [0.25, 0.3) is 18.1 Å². The molecule has 0 atom stereocenters. The Morgan fingerprint density at radius 2 is 1.25 bits per heavy atom. The predicted octanol–water partition coefficient (Wildman–Crippen LogP) is 1.35. The molecule has 0 bridgehead atoms. The van der Waals surface area contributed by atoms with E-state index in [1.165, 1.54) is 0 Å². The highest BCUT2D eigenvalue weighted by Gasteiger charge is 2.18. The summed E-state index contributed by atoms with van der Waals surface area (Å²) in [6, 6.07) is 2.67. The van der Waals surface area contributed by atoms with E-state index in [2.05, 4.69) is 0 Å². The maximum absolute atomic E-state index is 11.0. The molecular formula is C7H4Cl2O5S2. The number of carbonyl (C=O) groups is 1. The number of aldehydes is 1. The second kappa shape index (κ2) is 4.33. The lowest BCUT2D eigenvalue weighted by molar-refractivity contribution is 0.112. The van der Waals surface area contributed by atoms with E-state index in [9.17, 15) is 21.6 Å². The molecule has 0 aromatic heterocycles. The molecule has 0 heterocycles. The molecule has 0 unspecified atom stereocenters. The number of benzene rings is 1. The van der Waals surface area contributed by atoms with E-state index in [1.54, 1.807) is 0 Å². The van der Waals surface area contributed by atoms with Crippen molar-refractivity contribution < 1.29 is 21.6 Å². The molecule has 0 saturated heterocycles. The molecule has 0 radical (unpaired) electrons. The summed E-state index contributed by atoms with van der Waals surface area (Å²) in [6.45, 7) is 0. The molecule has 1 aromatic rings. The van der Waals surface area contributed by atoms with Gasteiger partial charge in [-0.3, -0.25) is 4.79 Å². The fourth-order valence-electron chi connectivity index (χ4n) is 0.943. The molecule has 0 aliphatic heterocycles. The minimum absolute atomic E-state index is 0.152. The third-order valence-electron chi connectivity index (χ3n) is 1.60. The molecule has 0 spiro atoms. The largest absolute Gasteiger partial charge is 0.298 e. The zero-order valence-corrected chi connectivity index (χ0v) is 10.6. The zero-order chi connectivity index (χ0) is 12.6. The zero-order valence-electron chi connectivity index (χ0n) is 7.42. The van der Waals surface area contributed by atoms with Gasteiger partial charge in [-0.1, -0.05) is 0 Å². The minimum Gasteiger partial charge on any atom is -0.298 e. The van der Waals surface area contributed by atoms with Crippen LogP contribution in [-0.2, 0) is 18.1 Å². The van der Waals surface area contributed by atoms with Crippen LogP contribution in [0, 0.1) is 0 Å². The summed E-state index contributed by atoms with van der Waals surface area (Å²) in [5.41, 5.74) is -0.152. The Labute approximate surface area is 101 Å². The number of rotatable bonds is 3. The smallest absolute Gasteiger partial charge is 0.261 e. The Morgan fingerprint density at radius 3 is 1.50 bits per heavy atom. The van der Waals surface area contributed by atoms with E-state index >= 15 is 0 Å². The molecule has 1 rings (SSSR count). The molecule has 0 saturated carbocycles. The van der Waals surface area contributed by atoms with Crippen LogP contribution >= 0.6 is 21.4 Å². The molecule has 9 heteroatoms. The van der Waals surface area contributed by atoms with E-state index in [-0.39, 0.29) is 11.8 Å². The average Bonchev–Trinajstić information content (AvgIpc) is 2.14. The summed E-state index contributed by atoms with van der Waals surface area (Å²) >= 11 is 0. The third-order valence-corrected chi connectivity index (χ3v) is 4.27. The second-order valence-corrected chi connectivity index (χ2v) is 7.86. The van der Waals surface area contributed by atoms with Gasteiger partial charge in [0.15, 0.2) is 0 Å². The van der Waals surface area contributed by atoms with Gasteiger partial charge in [0.2, 0.25) is 0 Å². The lowest BCUT2D eigenvalue weighted by Gasteiger charge is -2.01. The van der Waals surface area contributed by atoms with Crippen molar-refractivity contribution in [3.63, 3.8) is 0 Å². The standard InChI is InChI=1S/C7H4Cl2O5S2/c8-15(11,12)6-1-5(4-10)2-7(3-6)16(9,13)14/h1-4H. The van der Waals surface area contributed by atoms with Crippen LogP contribution in [0.15, 0.2) is 28.0 Å². The molecule has 5 nitrogen and oxygen atoms in total.